The van der Waals surface area contributed by atoms with Crippen LogP contribution in [0.5, 0.6) is 5.75 Å². The Kier molecular flexibility index (Phi) is 11.0. The molecule has 2 aromatic heterocycles. The van der Waals surface area contributed by atoms with Crippen molar-refractivity contribution in [3.8, 4) is 5.75 Å². The van der Waals surface area contributed by atoms with E-state index in [9.17, 15) is 14.2 Å². The molecule has 0 saturated heterocycles. The molecule has 48 heavy (non-hydrogen) atoms. The van der Waals surface area contributed by atoms with Gasteiger partial charge < -0.3 is 20.0 Å². The number of rotatable bonds is 13. The molecule has 0 saturated carbocycles. The third-order valence-corrected chi connectivity index (χ3v) is 9.77. The van der Waals surface area contributed by atoms with Crippen LogP contribution in [-0.2, 0) is 14.1 Å². The van der Waals surface area contributed by atoms with Crippen LogP contribution >= 0.6 is 19.4 Å². The number of hydrogen-bond acceptors (Lipinski definition) is 9. The first kappa shape index (κ1) is 34.1. The highest BCUT2D eigenvalue weighted by Gasteiger charge is 2.32. The van der Waals surface area contributed by atoms with Gasteiger partial charge in [-0.3, -0.25) is 24.6 Å². The highest BCUT2D eigenvalue weighted by molar-refractivity contribution is 7.99. The molecule has 11 nitrogen and oxygen atoms in total. The van der Waals surface area contributed by atoms with Crippen molar-refractivity contribution in [2.45, 2.75) is 22.8 Å². The molecule has 4 N–H and O–H groups in total. The summed E-state index contributed by atoms with van der Waals surface area (Å²) in [5, 5.41) is 18.2. The van der Waals surface area contributed by atoms with Crippen LogP contribution in [0.15, 0.2) is 119 Å². The van der Waals surface area contributed by atoms with Gasteiger partial charge in [-0.05, 0) is 73.7 Å². The summed E-state index contributed by atoms with van der Waals surface area (Å²) < 4.78 is 25.9. The maximum absolute atomic E-state index is 14.8. The first-order chi connectivity index (χ1) is 23.2. The number of nitrogens with one attached hydrogen (secondary N) is 4. The number of benzene rings is 3. The van der Waals surface area contributed by atoms with Crippen LogP contribution < -0.4 is 20.0 Å². The number of anilines is 1. The van der Waals surface area contributed by atoms with Crippen molar-refractivity contribution >= 4 is 59.7 Å². The molecule has 0 radical (unpaired) electrons. The van der Waals surface area contributed by atoms with E-state index in [0.717, 1.165) is 5.39 Å². The molecular formula is C35H33N6O5PS. The van der Waals surface area contributed by atoms with E-state index in [-0.39, 0.29) is 23.1 Å². The molecule has 1 amide bonds. The molecule has 244 valence electrons. The van der Waals surface area contributed by atoms with E-state index in [4.69, 9.17) is 14.7 Å². The van der Waals surface area contributed by atoms with Gasteiger partial charge in [0.2, 0.25) is 0 Å². The third kappa shape index (κ3) is 8.34. The van der Waals surface area contributed by atoms with Gasteiger partial charge >= 0.3 is 13.6 Å². The van der Waals surface area contributed by atoms with Gasteiger partial charge in [-0.25, -0.2) is 9.65 Å². The molecule has 0 aliphatic carbocycles. The smallest absolute Gasteiger partial charge is 0.418 e. The van der Waals surface area contributed by atoms with E-state index in [1.165, 1.54) is 25.8 Å². The zero-order chi connectivity index (χ0) is 34.1. The maximum atomic E-state index is 14.8. The average Bonchev–Trinajstić information content (AvgIpc) is 3.10. The Bertz CT molecular complexity index is 2040. The maximum Gasteiger partial charge on any atom is 0.418 e. The molecule has 5 rings (SSSR count). The van der Waals surface area contributed by atoms with Crippen molar-refractivity contribution in [1.82, 2.24) is 20.4 Å². The van der Waals surface area contributed by atoms with Crippen LogP contribution in [-0.4, -0.2) is 47.8 Å². The van der Waals surface area contributed by atoms with Gasteiger partial charge in [0.15, 0.2) is 5.75 Å². The monoisotopic (exact) mass is 680 g/mol. The summed E-state index contributed by atoms with van der Waals surface area (Å²) in [5.74, 6) is -0.680. The van der Waals surface area contributed by atoms with Crippen LogP contribution in [0.2, 0.25) is 0 Å². The zero-order valence-electron chi connectivity index (χ0n) is 26.3. The van der Waals surface area contributed by atoms with Crippen LogP contribution in [0.3, 0.4) is 0 Å². The van der Waals surface area contributed by atoms with Crippen LogP contribution in [0.4, 0.5) is 5.69 Å². The average molecular weight is 681 g/mol. The Morgan fingerprint density at radius 3 is 2.48 bits per heavy atom. The van der Waals surface area contributed by atoms with Crippen molar-refractivity contribution in [1.29, 1.82) is 5.41 Å². The highest BCUT2D eigenvalue weighted by Crippen LogP contribution is 2.47. The molecule has 0 aliphatic heterocycles. The summed E-state index contributed by atoms with van der Waals surface area (Å²) in [6.07, 6.45) is 6.54. The molecule has 2 atom stereocenters. The van der Waals surface area contributed by atoms with Crippen molar-refractivity contribution in [2.75, 3.05) is 19.2 Å². The number of ether oxygens (including phenoxy) is 1. The standard InChI is InChI=1S/C35H33N6O5PS/c1-23(35(43)45-3)40-47(44,46-31-14-8-10-24-11-9-21-39-33(24)31)41-30-22-26(48-32-15-5-4-13-28(32)34(42)37-2)17-18-27(30)29(36)19-16-25-12-6-7-20-38-25/h4-23,36H,1-3H3,(H,37,42)(H2,40,41,44)/b19-16+,36-29?. The summed E-state index contributed by atoms with van der Waals surface area (Å²) >= 11 is 1.32. The lowest BCUT2D eigenvalue weighted by Gasteiger charge is -2.26. The number of para-hydroxylation sites is 1. The number of amides is 1. The van der Waals surface area contributed by atoms with E-state index in [1.54, 1.807) is 86.2 Å². The Labute approximate surface area is 282 Å². The summed E-state index contributed by atoms with van der Waals surface area (Å²) in [7, 11) is -1.41. The first-order valence-corrected chi connectivity index (χ1v) is 17.2. The number of carbonyl (C=O) groups is 2. The Hall–Kier alpha value is -5.29. The molecule has 0 aliphatic rings. The topological polar surface area (TPSA) is 155 Å². The van der Waals surface area contributed by atoms with Gasteiger partial charge in [-0.15, -0.1) is 0 Å². The van der Waals surface area contributed by atoms with Crippen molar-refractivity contribution in [3.63, 3.8) is 0 Å². The molecule has 13 heteroatoms. The number of esters is 1. The summed E-state index contributed by atoms with van der Waals surface area (Å²) in [4.78, 5) is 35.1. The zero-order valence-corrected chi connectivity index (χ0v) is 28.0. The molecule has 0 spiro atoms. The molecule has 2 heterocycles. The Morgan fingerprint density at radius 2 is 1.71 bits per heavy atom. The number of allylic oxidation sites excluding steroid dienone is 1. The van der Waals surface area contributed by atoms with Crippen molar-refractivity contribution in [3.05, 3.63) is 126 Å². The van der Waals surface area contributed by atoms with Gasteiger partial charge in [0.25, 0.3) is 5.91 Å². The quantitative estimate of drug-likeness (QED) is 0.0582. The minimum Gasteiger partial charge on any atom is -0.468 e. The predicted octanol–water partition coefficient (Wildman–Crippen LogP) is 6.97. The second kappa shape index (κ2) is 15.5. The number of fused-ring (bicyclic) bond motifs is 1. The molecule has 5 aromatic rings. The van der Waals surface area contributed by atoms with E-state index in [0.29, 0.717) is 32.1 Å². The SMILES string of the molecule is CNC(=O)c1ccccc1Sc1ccc(C(=N)/C=C/c2ccccn2)c(NP(=O)(NC(C)C(=O)OC)Oc2cccc3cccnc23)c1. The number of carbonyl (C=O) groups excluding carboxylic acids is 2. The summed E-state index contributed by atoms with van der Waals surface area (Å²) in [6, 6.07) is 25.7. The fourth-order valence-electron chi connectivity index (χ4n) is 4.66. The third-order valence-electron chi connectivity index (χ3n) is 6.98. The highest BCUT2D eigenvalue weighted by atomic mass is 32.2. The van der Waals surface area contributed by atoms with Crippen molar-refractivity contribution < 1.29 is 23.4 Å². The van der Waals surface area contributed by atoms with Gasteiger partial charge in [0, 0.05) is 40.2 Å². The fraction of sp³-hybridized carbons (Fsp3) is 0.114. The summed E-state index contributed by atoms with van der Waals surface area (Å²) in [5.41, 5.74) is 2.36. The van der Waals surface area contributed by atoms with Gasteiger partial charge in [0.05, 0.1) is 29.8 Å². The number of hydrogen-bond donors (Lipinski definition) is 4. The van der Waals surface area contributed by atoms with Crippen molar-refractivity contribution in [2.24, 2.45) is 0 Å². The number of methoxy groups -OCH3 is 1. The minimum absolute atomic E-state index is 0.0878. The Balaban J connectivity index is 1.59. The summed E-state index contributed by atoms with van der Waals surface area (Å²) in [6.45, 7) is 1.51. The van der Waals surface area contributed by atoms with Crippen LogP contribution in [0, 0.1) is 5.41 Å². The van der Waals surface area contributed by atoms with Gasteiger partial charge in [-0.1, -0.05) is 48.2 Å². The molecular weight excluding hydrogens is 647 g/mol. The predicted molar refractivity (Wildman–Crippen MR) is 189 cm³/mol. The van der Waals surface area contributed by atoms with E-state index < -0.39 is 19.7 Å². The second-order valence-corrected chi connectivity index (χ2v) is 13.2. The molecule has 2 unspecified atom stereocenters. The normalized spacial score (nSPS) is 13.0. The van der Waals surface area contributed by atoms with Crippen LogP contribution in [0.1, 0.15) is 28.5 Å². The molecule has 0 bridgehead atoms. The lowest BCUT2D eigenvalue weighted by Crippen LogP contribution is -2.36. The molecule has 0 fully saturated rings. The van der Waals surface area contributed by atoms with Gasteiger partial charge in [0.1, 0.15) is 11.6 Å². The second-order valence-electron chi connectivity index (χ2n) is 10.3. The number of pyridine rings is 2. The molecule has 3 aromatic carbocycles. The lowest BCUT2D eigenvalue weighted by atomic mass is 10.1. The fourth-order valence-corrected chi connectivity index (χ4v) is 7.35. The Morgan fingerprint density at radius 1 is 0.938 bits per heavy atom. The largest absolute Gasteiger partial charge is 0.468 e. The first-order valence-electron chi connectivity index (χ1n) is 14.8. The number of aromatic nitrogens is 2. The van der Waals surface area contributed by atoms with Crippen LogP contribution in [0.25, 0.3) is 17.0 Å². The minimum atomic E-state index is -4.21. The van der Waals surface area contributed by atoms with E-state index in [1.807, 2.05) is 36.4 Å². The number of nitrogens with zero attached hydrogens (tertiary/aromatic N) is 2. The lowest BCUT2D eigenvalue weighted by molar-refractivity contribution is -0.142. The van der Waals surface area contributed by atoms with Gasteiger partial charge in [-0.2, -0.15) is 0 Å². The van der Waals surface area contributed by atoms with E-state index >= 15 is 0 Å². The van der Waals surface area contributed by atoms with E-state index in [2.05, 4.69) is 25.5 Å².